The van der Waals surface area contributed by atoms with Gasteiger partial charge in [-0.2, -0.15) is 13.2 Å². The number of nitrogens with one attached hydrogen (secondary N) is 1. The highest BCUT2D eigenvalue weighted by Gasteiger charge is 2.40. The topological polar surface area (TPSA) is 21.3 Å². The highest BCUT2D eigenvalue weighted by Crippen LogP contribution is 2.43. The number of fused-ring (bicyclic) bond motifs is 1. The summed E-state index contributed by atoms with van der Waals surface area (Å²) in [5.74, 6) is 0.538. The predicted octanol–water partition coefficient (Wildman–Crippen LogP) is 3.82. The molecule has 0 amide bonds. The van der Waals surface area contributed by atoms with E-state index < -0.39 is 11.7 Å². The van der Waals surface area contributed by atoms with E-state index in [1.165, 1.54) is 6.07 Å². The zero-order chi connectivity index (χ0) is 12.8. The van der Waals surface area contributed by atoms with Crippen LogP contribution in [-0.2, 0) is 6.18 Å². The van der Waals surface area contributed by atoms with Gasteiger partial charge < -0.3 is 10.1 Å². The Labute approximate surface area is 103 Å². The lowest BCUT2D eigenvalue weighted by Gasteiger charge is -2.36. The Kier molecular flexibility index (Phi) is 2.47. The molecule has 98 valence electrons. The molecule has 1 aliphatic heterocycles. The molecular weight excluding hydrogens is 243 g/mol. The fraction of sp³-hybridized carbons (Fsp3) is 0.538. The van der Waals surface area contributed by atoms with Crippen molar-refractivity contribution in [3.05, 3.63) is 23.8 Å². The fourth-order valence-electron chi connectivity index (χ4n) is 2.76. The highest BCUT2D eigenvalue weighted by atomic mass is 19.4. The van der Waals surface area contributed by atoms with E-state index >= 15 is 0 Å². The van der Waals surface area contributed by atoms with Gasteiger partial charge in [-0.1, -0.05) is 0 Å². The molecule has 1 saturated carbocycles. The zero-order valence-electron chi connectivity index (χ0n) is 9.81. The van der Waals surface area contributed by atoms with Crippen LogP contribution in [0.4, 0.5) is 18.9 Å². The van der Waals surface area contributed by atoms with Crippen molar-refractivity contribution in [2.75, 3.05) is 11.9 Å². The molecule has 2 nitrogen and oxygen atoms in total. The van der Waals surface area contributed by atoms with Gasteiger partial charge in [0.15, 0.2) is 0 Å². The molecule has 2 aliphatic rings. The molecule has 0 unspecified atom stereocenters. The smallest absolute Gasteiger partial charge is 0.416 e. The minimum Gasteiger partial charge on any atom is -0.483 e. The summed E-state index contributed by atoms with van der Waals surface area (Å²) in [6.07, 6.45) is -0.116. The van der Waals surface area contributed by atoms with Crippen molar-refractivity contribution in [2.45, 2.75) is 37.5 Å². The molecule has 0 saturated heterocycles. The van der Waals surface area contributed by atoms with Crippen LogP contribution in [0.3, 0.4) is 0 Å². The Morgan fingerprint density at radius 1 is 1.17 bits per heavy atom. The average molecular weight is 257 g/mol. The molecule has 0 radical (unpaired) electrons. The maximum atomic E-state index is 12.6. The standard InChI is InChI=1S/C13H14F3NO/c14-13(15,16)9-3-4-11-10(7-9)17-8-12(18-11)5-1-2-6-12/h3-4,7,17H,1-2,5-6,8H2. The SMILES string of the molecule is FC(F)(F)c1ccc2c(c1)NCC1(CCCC1)O2. The minimum absolute atomic E-state index is 0.202. The molecule has 0 atom stereocenters. The first kappa shape index (κ1) is 11.7. The number of hydrogen-bond donors (Lipinski definition) is 1. The number of rotatable bonds is 0. The van der Waals surface area contributed by atoms with Crippen molar-refractivity contribution >= 4 is 5.69 Å². The summed E-state index contributed by atoms with van der Waals surface area (Å²) in [6, 6.07) is 3.62. The zero-order valence-corrected chi connectivity index (χ0v) is 9.81. The third-order valence-corrected chi connectivity index (χ3v) is 3.75. The number of ether oxygens (including phenoxy) is 1. The van der Waals surface area contributed by atoms with Crippen LogP contribution in [0.15, 0.2) is 18.2 Å². The molecular formula is C13H14F3NO. The maximum absolute atomic E-state index is 12.6. The molecule has 18 heavy (non-hydrogen) atoms. The summed E-state index contributed by atoms with van der Waals surface area (Å²) < 4.78 is 43.7. The van der Waals surface area contributed by atoms with E-state index in [1.807, 2.05) is 0 Å². The van der Waals surface area contributed by atoms with Gasteiger partial charge in [-0.05, 0) is 43.9 Å². The quantitative estimate of drug-likeness (QED) is 0.762. The molecule has 5 heteroatoms. The summed E-state index contributed by atoms with van der Waals surface area (Å²) in [5.41, 5.74) is -0.394. The van der Waals surface area contributed by atoms with Crippen LogP contribution in [0.2, 0.25) is 0 Å². The van der Waals surface area contributed by atoms with Crippen LogP contribution in [0.1, 0.15) is 31.2 Å². The number of benzene rings is 1. The van der Waals surface area contributed by atoms with Gasteiger partial charge in [0.2, 0.25) is 0 Å². The summed E-state index contributed by atoms with van der Waals surface area (Å²) in [4.78, 5) is 0. The Bertz CT molecular complexity index is 464. The van der Waals surface area contributed by atoms with Gasteiger partial charge in [0.1, 0.15) is 11.4 Å². The average Bonchev–Trinajstić information content (AvgIpc) is 2.75. The van der Waals surface area contributed by atoms with Gasteiger partial charge in [0, 0.05) is 0 Å². The molecule has 1 N–H and O–H groups in total. The third kappa shape index (κ3) is 1.91. The molecule has 1 aromatic rings. The van der Waals surface area contributed by atoms with E-state index in [-0.39, 0.29) is 5.60 Å². The van der Waals surface area contributed by atoms with Crippen LogP contribution in [0, 0.1) is 0 Å². The van der Waals surface area contributed by atoms with E-state index in [1.54, 1.807) is 0 Å². The maximum Gasteiger partial charge on any atom is 0.416 e. The van der Waals surface area contributed by atoms with Crippen LogP contribution < -0.4 is 10.1 Å². The van der Waals surface area contributed by atoms with Gasteiger partial charge >= 0.3 is 6.18 Å². The first-order valence-electron chi connectivity index (χ1n) is 6.13. The van der Waals surface area contributed by atoms with Crippen LogP contribution in [0.25, 0.3) is 0 Å². The molecule has 0 bridgehead atoms. The summed E-state index contributed by atoms with van der Waals surface area (Å²) in [7, 11) is 0. The van der Waals surface area contributed by atoms with Crippen molar-refractivity contribution in [1.29, 1.82) is 0 Å². The second-order valence-electron chi connectivity index (χ2n) is 5.05. The Balaban J connectivity index is 1.90. The Morgan fingerprint density at radius 3 is 2.56 bits per heavy atom. The van der Waals surface area contributed by atoms with E-state index in [9.17, 15) is 13.2 Å². The van der Waals surface area contributed by atoms with E-state index in [0.717, 1.165) is 37.8 Å². The predicted molar refractivity (Wildman–Crippen MR) is 61.8 cm³/mol. The first-order chi connectivity index (χ1) is 8.49. The summed E-state index contributed by atoms with van der Waals surface area (Å²) in [6.45, 7) is 0.599. The van der Waals surface area contributed by atoms with Crippen molar-refractivity contribution in [1.82, 2.24) is 0 Å². The fourth-order valence-corrected chi connectivity index (χ4v) is 2.76. The normalized spacial score (nSPS) is 21.3. The highest BCUT2D eigenvalue weighted by molar-refractivity contribution is 5.60. The van der Waals surface area contributed by atoms with Crippen molar-refractivity contribution in [3.8, 4) is 5.75 Å². The van der Waals surface area contributed by atoms with Crippen molar-refractivity contribution in [3.63, 3.8) is 0 Å². The van der Waals surface area contributed by atoms with Crippen molar-refractivity contribution in [2.24, 2.45) is 0 Å². The third-order valence-electron chi connectivity index (χ3n) is 3.75. The number of hydrogen-bond acceptors (Lipinski definition) is 2. The van der Waals surface area contributed by atoms with Gasteiger partial charge in [-0.25, -0.2) is 0 Å². The summed E-state index contributed by atoms with van der Waals surface area (Å²) in [5, 5.41) is 3.08. The van der Waals surface area contributed by atoms with Gasteiger partial charge in [0.05, 0.1) is 17.8 Å². The molecule has 1 spiro atoms. The lowest BCUT2D eigenvalue weighted by molar-refractivity contribution is -0.137. The summed E-state index contributed by atoms with van der Waals surface area (Å²) >= 11 is 0. The minimum atomic E-state index is -4.31. The van der Waals surface area contributed by atoms with Gasteiger partial charge in [-0.15, -0.1) is 0 Å². The van der Waals surface area contributed by atoms with Crippen LogP contribution in [0.5, 0.6) is 5.75 Å². The molecule has 1 aliphatic carbocycles. The van der Waals surface area contributed by atoms with Crippen LogP contribution in [-0.4, -0.2) is 12.1 Å². The molecule has 0 aromatic heterocycles. The number of alkyl halides is 3. The van der Waals surface area contributed by atoms with E-state index in [4.69, 9.17) is 4.74 Å². The Morgan fingerprint density at radius 2 is 1.89 bits per heavy atom. The number of halogens is 3. The Hall–Kier alpha value is -1.39. The lowest BCUT2D eigenvalue weighted by Crippen LogP contribution is -2.43. The molecule has 3 rings (SSSR count). The van der Waals surface area contributed by atoms with Crippen molar-refractivity contribution < 1.29 is 17.9 Å². The van der Waals surface area contributed by atoms with E-state index in [2.05, 4.69) is 5.32 Å². The van der Waals surface area contributed by atoms with Gasteiger partial charge in [0.25, 0.3) is 0 Å². The van der Waals surface area contributed by atoms with E-state index in [0.29, 0.717) is 18.0 Å². The second kappa shape index (κ2) is 3.80. The van der Waals surface area contributed by atoms with Crippen LogP contribution >= 0.6 is 0 Å². The number of anilines is 1. The molecule has 1 aromatic carbocycles. The van der Waals surface area contributed by atoms with Gasteiger partial charge in [-0.3, -0.25) is 0 Å². The molecule has 1 fully saturated rings. The monoisotopic (exact) mass is 257 g/mol. The lowest BCUT2D eigenvalue weighted by atomic mass is 9.99. The first-order valence-corrected chi connectivity index (χ1v) is 6.13. The second-order valence-corrected chi connectivity index (χ2v) is 5.05. The molecule has 1 heterocycles. The largest absolute Gasteiger partial charge is 0.483 e.